The van der Waals surface area contributed by atoms with Gasteiger partial charge in [0.2, 0.25) is 0 Å². The van der Waals surface area contributed by atoms with Crippen LogP contribution < -0.4 is 5.32 Å². The first-order chi connectivity index (χ1) is 12.4. The molecular formula is C16H14F6N2O3. The van der Waals surface area contributed by atoms with E-state index in [1.165, 1.54) is 6.07 Å². The number of urea groups is 1. The molecule has 2 rings (SSSR count). The summed E-state index contributed by atoms with van der Waals surface area (Å²) < 4.78 is 82.6. The van der Waals surface area contributed by atoms with Crippen molar-refractivity contribution in [3.8, 4) is 0 Å². The molecule has 0 saturated carbocycles. The summed E-state index contributed by atoms with van der Waals surface area (Å²) in [5.74, 6) is -1.15. The van der Waals surface area contributed by atoms with Crippen LogP contribution in [0.25, 0.3) is 0 Å². The zero-order valence-corrected chi connectivity index (χ0v) is 14.0. The highest BCUT2D eigenvalue weighted by atomic mass is 19.4. The van der Waals surface area contributed by atoms with E-state index < -0.39 is 59.3 Å². The minimum absolute atomic E-state index is 0.235. The van der Waals surface area contributed by atoms with Gasteiger partial charge in [-0.2, -0.15) is 26.3 Å². The smallest absolute Gasteiger partial charge is 0.416 e. The minimum Gasteiger partial charge on any atom is -0.466 e. The van der Waals surface area contributed by atoms with Crippen molar-refractivity contribution in [2.45, 2.75) is 25.3 Å². The van der Waals surface area contributed by atoms with E-state index in [0.29, 0.717) is 0 Å². The van der Waals surface area contributed by atoms with Crippen LogP contribution in [-0.2, 0) is 15.7 Å². The molecule has 0 bridgehead atoms. The molecule has 0 radical (unpaired) electrons. The number of amides is 2. The quantitative estimate of drug-likeness (QED) is 0.625. The zero-order valence-electron chi connectivity index (χ0n) is 14.0. The lowest BCUT2D eigenvalue weighted by Crippen LogP contribution is -2.51. The van der Waals surface area contributed by atoms with Gasteiger partial charge < -0.3 is 10.1 Å². The largest absolute Gasteiger partial charge is 0.466 e. The number of carbonyl (C=O) groups excluding carboxylic acids is 2. The summed E-state index contributed by atoms with van der Waals surface area (Å²) in [4.78, 5) is 24.5. The van der Waals surface area contributed by atoms with Gasteiger partial charge in [0.25, 0.3) is 0 Å². The van der Waals surface area contributed by atoms with Crippen molar-refractivity contribution in [1.82, 2.24) is 10.2 Å². The lowest BCUT2D eigenvalue weighted by molar-refractivity contribution is -0.141. The Bertz CT molecular complexity index is 785. The molecule has 5 nitrogen and oxygen atoms in total. The molecule has 1 atom stereocenters. The van der Waals surface area contributed by atoms with Crippen LogP contribution in [0.3, 0.4) is 0 Å². The van der Waals surface area contributed by atoms with E-state index >= 15 is 0 Å². The topological polar surface area (TPSA) is 58.6 Å². The van der Waals surface area contributed by atoms with E-state index in [1.807, 2.05) is 5.32 Å². The number of ether oxygens (including phenoxy) is 1. The van der Waals surface area contributed by atoms with E-state index in [-0.39, 0.29) is 4.90 Å². The Morgan fingerprint density at radius 1 is 1.19 bits per heavy atom. The highest BCUT2D eigenvalue weighted by Crippen LogP contribution is 2.39. The van der Waals surface area contributed by atoms with Gasteiger partial charge in [-0.05, 0) is 18.6 Å². The third-order valence-electron chi connectivity index (χ3n) is 3.92. The third kappa shape index (κ3) is 4.34. The summed E-state index contributed by atoms with van der Waals surface area (Å²) >= 11 is 0. The SMILES string of the molecule is COC(=O)C1=C(C)N(CC(F)(F)F)C(=O)N[C@H]1c1ccccc1C(F)(F)F. The Balaban J connectivity index is 2.65. The molecule has 11 heteroatoms. The van der Waals surface area contributed by atoms with Crippen LogP contribution in [0, 0.1) is 0 Å². The van der Waals surface area contributed by atoms with Gasteiger partial charge in [0.1, 0.15) is 6.54 Å². The van der Waals surface area contributed by atoms with Gasteiger partial charge in [-0.25, -0.2) is 9.59 Å². The normalized spacial score (nSPS) is 18.4. The highest BCUT2D eigenvalue weighted by molar-refractivity contribution is 5.95. The number of hydrogen-bond acceptors (Lipinski definition) is 3. The fourth-order valence-electron chi connectivity index (χ4n) is 2.77. The molecule has 1 aliphatic heterocycles. The molecule has 0 aromatic heterocycles. The van der Waals surface area contributed by atoms with Crippen LogP contribution in [0.1, 0.15) is 24.1 Å². The number of rotatable bonds is 3. The fourth-order valence-corrected chi connectivity index (χ4v) is 2.77. The van der Waals surface area contributed by atoms with E-state index in [2.05, 4.69) is 4.74 Å². The van der Waals surface area contributed by atoms with Gasteiger partial charge >= 0.3 is 24.4 Å². The summed E-state index contributed by atoms with van der Waals surface area (Å²) in [5, 5.41) is 2.04. The summed E-state index contributed by atoms with van der Waals surface area (Å²) in [6.45, 7) is -0.668. The fraction of sp³-hybridized carbons (Fsp3) is 0.375. The van der Waals surface area contributed by atoms with Crippen molar-refractivity contribution in [1.29, 1.82) is 0 Å². The maximum Gasteiger partial charge on any atom is 0.416 e. The molecule has 27 heavy (non-hydrogen) atoms. The Morgan fingerprint density at radius 3 is 2.30 bits per heavy atom. The molecule has 0 aliphatic carbocycles. The number of halogens is 6. The molecule has 1 aliphatic rings. The first kappa shape index (κ1) is 20.6. The molecular weight excluding hydrogens is 382 g/mol. The van der Waals surface area contributed by atoms with Crippen molar-refractivity contribution in [3.63, 3.8) is 0 Å². The number of methoxy groups -OCH3 is 1. The number of carbonyl (C=O) groups is 2. The van der Waals surface area contributed by atoms with Gasteiger partial charge in [0.15, 0.2) is 0 Å². The maximum atomic E-state index is 13.3. The summed E-state index contributed by atoms with van der Waals surface area (Å²) in [6, 6.07) is 1.24. The molecule has 1 N–H and O–H groups in total. The first-order valence-corrected chi connectivity index (χ1v) is 7.46. The van der Waals surface area contributed by atoms with E-state index in [0.717, 1.165) is 32.2 Å². The second-order valence-electron chi connectivity index (χ2n) is 5.66. The number of hydrogen-bond donors (Lipinski definition) is 1. The van der Waals surface area contributed by atoms with Crippen molar-refractivity contribution >= 4 is 12.0 Å². The molecule has 1 aromatic carbocycles. The molecule has 0 fully saturated rings. The van der Waals surface area contributed by atoms with E-state index in [1.54, 1.807) is 0 Å². The Labute approximate surface area is 149 Å². The number of benzene rings is 1. The molecule has 2 amide bonds. The summed E-state index contributed by atoms with van der Waals surface area (Å²) in [7, 11) is 0.930. The number of alkyl halides is 6. The van der Waals surface area contributed by atoms with Gasteiger partial charge in [-0.3, -0.25) is 4.90 Å². The van der Waals surface area contributed by atoms with Crippen LogP contribution in [0.5, 0.6) is 0 Å². The third-order valence-corrected chi connectivity index (χ3v) is 3.92. The molecule has 0 spiro atoms. The lowest BCUT2D eigenvalue weighted by Gasteiger charge is -2.36. The van der Waals surface area contributed by atoms with E-state index in [4.69, 9.17) is 0 Å². The van der Waals surface area contributed by atoms with Gasteiger partial charge in [0.05, 0.1) is 24.3 Å². The van der Waals surface area contributed by atoms with E-state index in [9.17, 15) is 35.9 Å². The van der Waals surface area contributed by atoms with Crippen molar-refractivity contribution < 1.29 is 40.7 Å². The second kappa shape index (κ2) is 7.12. The minimum atomic E-state index is -4.81. The average Bonchev–Trinajstić information content (AvgIpc) is 2.56. The zero-order chi connectivity index (χ0) is 20.6. The Hall–Kier alpha value is -2.72. The molecule has 148 valence electrons. The number of esters is 1. The molecule has 1 heterocycles. The number of nitrogens with zero attached hydrogens (tertiary/aromatic N) is 1. The van der Waals surface area contributed by atoms with Crippen molar-refractivity contribution in [3.05, 3.63) is 46.7 Å². The standard InChI is InChI=1S/C16H14F6N2O3/c1-8-11(13(25)27-2)12(23-14(26)24(8)7-15(17,18)19)9-5-3-4-6-10(9)16(20,21)22/h3-6,12H,7H2,1-2H3,(H,23,26)/t12-/m0/s1. The predicted octanol–water partition coefficient (Wildman–Crippen LogP) is 3.78. The van der Waals surface area contributed by atoms with Gasteiger partial charge in [0, 0.05) is 5.70 Å². The van der Waals surface area contributed by atoms with Crippen LogP contribution >= 0.6 is 0 Å². The Kier molecular flexibility index (Phi) is 5.43. The Morgan fingerprint density at radius 2 is 1.78 bits per heavy atom. The van der Waals surface area contributed by atoms with Gasteiger partial charge in [-0.1, -0.05) is 18.2 Å². The average molecular weight is 396 g/mol. The van der Waals surface area contributed by atoms with Crippen LogP contribution in [0.4, 0.5) is 31.1 Å². The highest BCUT2D eigenvalue weighted by Gasteiger charge is 2.44. The number of nitrogens with one attached hydrogen (secondary N) is 1. The molecule has 1 aromatic rings. The van der Waals surface area contributed by atoms with Crippen molar-refractivity contribution in [2.75, 3.05) is 13.7 Å². The predicted molar refractivity (Wildman–Crippen MR) is 80.2 cm³/mol. The second-order valence-corrected chi connectivity index (χ2v) is 5.66. The number of allylic oxidation sites excluding steroid dienone is 1. The first-order valence-electron chi connectivity index (χ1n) is 7.46. The van der Waals surface area contributed by atoms with Crippen LogP contribution in [0.2, 0.25) is 0 Å². The van der Waals surface area contributed by atoms with Crippen molar-refractivity contribution in [2.24, 2.45) is 0 Å². The van der Waals surface area contributed by atoms with Crippen LogP contribution in [-0.4, -0.2) is 36.7 Å². The summed E-state index contributed by atoms with van der Waals surface area (Å²) in [6.07, 6.45) is -9.59. The monoisotopic (exact) mass is 396 g/mol. The van der Waals surface area contributed by atoms with Crippen LogP contribution in [0.15, 0.2) is 35.5 Å². The molecule has 0 unspecified atom stereocenters. The van der Waals surface area contributed by atoms with Gasteiger partial charge in [-0.15, -0.1) is 0 Å². The lowest BCUT2D eigenvalue weighted by atomic mass is 9.91. The maximum absolute atomic E-state index is 13.3. The molecule has 0 saturated heterocycles. The summed E-state index contributed by atoms with van der Waals surface area (Å²) in [5.41, 5.74) is -2.57.